The molecule has 0 spiro atoms. The first-order valence-corrected chi connectivity index (χ1v) is 8.25. The van der Waals surface area contributed by atoms with Crippen LogP contribution in [0.3, 0.4) is 0 Å². The fourth-order valence-corrected chi connectivity index (χ4v) is 3.43. The van der Waals surface area contributed by atoms with Gasteiger partial charge in [-0.05, 0) is 56.2 Å². The second kappa shape index (κ2) is 6.87. The molecule has 0 aliphatic heterocycles. The van der Waals surface area contributed by atoms with Gasteiger partial charge in [0.05, 0.1) is 10.3 Å². The first-order chi connectivity index (χ1) is 9.88. The third-order valence-corrected chi connectivity index (χ3v) is 5.19. The third kappa shape index (κ3) is 4.03. The number of aryl methyl sites for hydroxylation is 2. The highest BCUT2D eigenvalue weighted by molar-refractivity contribution is 8.00. The van der Waals surface area contributed by atoms with Crippen molar-refractivity contribution in [2.75, 3.05) is 0 Å². The lowest BCUT2D eigenvalue weighted by molar-refractivity contribution is 0.0994. The maximum Gasteiger partial charge on any atom is 0.175 e. The summed E-state index contributed by atoms with van der Waals surface area (Å²) in [6, 6.07) is 11.1. The smallest absolute Gasteiger partial charge is 0.175 e. The number of benzene rings is 2. The van der Waals surface area contributed by atoms with Crippen LogP contribution in [-0.2, 0) is 0 Å². The van der Waals surface area contributed by atoms with Gasteiger partial charge < -0.3 is 0 Å². The SMILES string of the molecule is Cc1ccc(C(=O)C(C)Sc2cc(Cl)ccc2Cl)cc1C. The van der Waals surface area contributed by atoms with Crippen LogP contribution in [0.25, 0.3) is 0 Å². The molecule has 2 aromatic rings. The van der Waals surface area contributed by atoms with Crippen LogP contribution < -0.4 is 0 Å². The summed E-state index contributed by atoms with van der Waals surface area (Å²) in [6.07, 6.45) is 0. The van der Waals surface area contributed by atoms with E-state index >= 15 is 0 Å². The zero-order valence-electron chi connectivity index (χ0n) is 12.1. The maximum absolute atomic E-state index is 12.5. The highest BCUT2D eigenvalue weighted by atomic mass is 35.5. The number of hydrogen-bond donors (Lipinski definition) is 0. The number of thioether (sulfide) groups is 1. The average molecular weight is 339 g/mol. The van der Waals surface area contributed by atoms with Crippen molar-refractivity contribution in [3.05, 3.63) is 63.1 Å². The Morgan fingerprint density at radius 1 is 1.05 bits per heavy atom. The molecule has 0 radical (unpaired) electrons. The summed E-state index contributed by atoms with van der Waals surface area (Å²) < 4.78 is 0. The van der Waals surface area contributed by atoms with Crippen LogP contribution in [0, 0.1) is 13.8 Å². The van der Waals surface area contributed by atoms with E-state index in [2.05, 4.69) is 0 Å². The number of ketones is 1. The summed E-state index contributed by atoms with van der Waals surface area (Å²) in [4.78, 5) is 13.3. The summed E-state index contributed by atoms with van der Waals surface area (Å²) in [5.41, 5.74) is 3.04. The normalized spacial score (nSPS) is 12.2. The van der Waals surface area contributed by atoms with E-state index in [4.69, 9.17) is 23.2 Å². The second-order valence-electron chi connectivity index (χ2n) is 5.00. The molecule has 0 amide bonds. The molecule has 0 aromatic heterocycles. The number of halogens is 2. The van der Waals surface area contributed by atoms with Crippen molar-refractivity contribution < 1.29 is 4.79 Å². The van der Waals surface area contributed by atoms with E-state index in [9.17, 15) is 4.79 Å². The Hall–Kier alpha value is -0.960. The monoisotopic (exact) mass is 338 g/mol. The molecule has 0 saturated carbocycles. The molecule has 0 fully saturated rings. The van der Waals surface area contributed by atoms with E-state index in [-0.39, 0.29) is 11.0 Å². The fraction of sp³-hybridized carbons (Fsp3) is 0.235. The van der Waals surface area contributed by atoms with Gasteiger partial charge in [-0.2, -0.15) is 0 Å². The summed E-state index contributed by atoms with van der Waals surface area (Å²) >= 11 is 13.6. The number of hydrogen-bond acceptors (Lipinski definition) is 2. The van der Waals surface area contributed by atoms with Gasteiger partial charge in [-0.1, -0.05) is 35.3 Å². The van der Waals surface area contributed by atoms with Gasteiger partial charge in [-0.25, -0.2) is 0 Å². The van der Waals surface area contributed by atoms with Gasteiger partial charge in [0.2, 0.25) is 0 Å². The minimum absolute atomic E-state index is 0.0964. The highest BCUT2D eigenvalue weighted by Crippen LogP contribution is 2.33. The Morgan fingerprint density at radius 3 is 2.43 bits per heavy atom. The first-order valence-electron chi connectivity index (χ1n) is 6.61. The Kier molecular flexibility index (Phi) is 5.37. The Morgan fingerprint density at radius 2 is 1.76 bits per heavy atom. The molecule has 1 unspecified atom stereocenters. The van der Waals surface area contributed by atoms with Crippen molar-refractivity contribution in [3.8, 4) is 0 Å². The van der Waals surface area contributed by atoms with Crippen LogP contribution in [0.4, 0.5) is 0 Å². The lowest BCUT2D eigenvalue weighted by Gasteiger charge is -2.13. The zero-order valence-corrected chi connectivity index (χ0v) is 14.4. The van der Waals surface area contributed by atoms with E-state index in [1.807, 2.05) is 39.0 Å². The predicted octanol–water partition coefficient (Wildman–Crippen LogP) is 5.97. The molecule has 1 nitrogen and oxygen atoms in total. The summed E-state index contributed by atoms with van der Waals surface area (Å²) in [7, 11) is 0. The fourth-order valence-electron chi connectivity index (χ4n) is 1.94. The highest BCUT2D eigenvalue weighted by Gasteiger charge is 2.18. The van der Waals surface area contributed by atoms with Gasteiger partial charge in [0.15, 0.2) is 5.78 Å². The molecule has 110 valence electrons. The van der Waals surface area contributed by atoms with Crippen molar-refractivity contribution in [2.45, 2.75) is 30.9 Å². The van der Waals surface area contributed by atoms with E-state index in [0.29, 0.717) is 10.0 Å². The van der Waals surface area contributed by atoms with Crippen LogP contribution in [0.15, 0.2) is 41.3 Å². The lowest BCUT2D eigenvalue weighted by Crippen LogP contribution is -2.13. The van der Waals surface area contributed by atoms with Crippen LogP contribution in [0.5, 0.6) is 0 Å². The van der Waals surface area contributed by atoms with Gasteiger partial charge in [-0.3, -0.25) is 4.79 Å². The average Bonchev–Trinajstić information content (AvgIpc) is 2.45. The Bertz CT molecular complexity index is 682. The van der Waals surface area contributed by atoms with Gasteiger partial charge in [-0.15, -0.1) is 11.8 Å². The van der Waals surface area contributed by atoms with Gasteiger partial charge >= 0.3 is 0 Å². The largest absolute Gasteiger partial charge is 0.293 e. The minimum Gasteiger partial charge on any atom is -0.293 e. The quantitative estimate of drug-likeness (QED) is 0.504. The van der Waals surface area contributed by atoms with E-state index in [0.717, 1.165) is 16.0 Å². The van der Waals surface area contributed by atoms with Crippen molar-refractivity contribution >= 4 is 40.7 Å². The molecule has 1 atom stereocenters. The van der Waals surface area contributed by atoms with Gasteiger partial charge in [0.25, 0.3) is 0 Å². The third-order valence-electron chi connectivity index (χ3n) is 3.36. The van der Waals surface area contributed by atoms with Crippen LogP contribution in [-0.4, -0.2) is 11.0 Å². The topological polar surface area (TPSA) is 17.1 Å². The van der Waals surface area contributed by atoms with Crippen molar-refractivity contribution in [3.63, 3.8) is 0 Å². The molecule has 21 heavy (non-hydrogen) atoms. The molecular formula is C17H16Cl2OS. The molecule has 0 bridgehead atoms. The summed E-state index contributed by atoms with van der Waals surface area (Å²) in [5, 5.41) is 1.01. The Balaban J connectivity index is 2.19. The standard InChI is InChI=1S/C17H16Cl2OS/c1-10-4-5-13(8-11(10)2)17(20)12(3)21-16-9-14(18)6-7-15(16)19/h4-9,12H,1-3H3. The molecule has 0 aliphatic carbocycles. The van der Waals surface area contributed by atoms with E-state index in [1.165, 1.54) is 17.3 Å². The molecule has 4 heteroatoms. The molecule has 0 heterocycles. The molecular weight excluding hydrogens is 323 g/mol. The zero-order chi connectivity index (χ0) is 15.6. The van der Waals surface area contributed by atoms with E-state index in [1.54, 1.807) is 18.2 Å². The van der Waals surface area contributed by atoms with Crippen molar-refractivity contribution in [2.24, 2.45) is 0 Å². The van der Waals surface area contributed by atoms with Crippen LogP contribution in [0.1, 0.15) is 28.4 Å². The maximum atomic E-state index is 12.5. The number of carbonyl (C=O) groups excluding carboxylic acids is 1. The van der Waals surface area contributed by atoms with Gasteiger partial charge in [0, 0.05) is 15.5 Å². The van der Waals surface area contributed by atoms with Gasteiger partial charge in [0.1, 0.15) is 0 Å². The van der Waals surface area contributed by atoms with E-state index < -0.39 is 0 Å². The molecule has 2 rings (SSSR count). The van der Waals surface area contributed by atoms with Crippen molar-refractivity contribution in [1.29, 1.82) is 0 Å². The minimum atomic E-state index is -0.219. The van der Waals surface area contributed by atoms with Crippen LogP contribution in [0.2, 0.25) is 10.0 Å². The molecule has 0 aliphatic rings. The lowest BCUT2D eigenvalue weighted by atomic mass is 10.0. The first kappa shape index (κ1) is 16.4. The predicted molar refractivity (Wildman–Crippen MR) is 92.0 cm³/mol. The number of rotatable bonds is 4. The molecule has 2 aromatic carbocycles. The molecule has 0 N–H and O–H groups in total. The van der Waals surface area contributed by atoms with Crippen molar-refractivity contribution in [1.82, 2.24) is 0 Å². The molecule has 0 saturated heterocycles. The second-order valence-corrected chi connectivity index (χ2v) is 7.22. The summed E-state index contributed by atoms with van der Waals surface area (Å²) in [6.45, 7) is 5.94. The number of Topliss-reactive ketones (excluding diaryl/α,β-unsaturated/α-hetero) is 1. The Labute approximate surface area is 139 Å². The summed E-state index contributed by atoms with van der Waals surface area (Å²) in [5.74, 6) is 0.0964. The van der Waals surface area contributed by atoms with Crippen LogP contribution >= 0.6 is 35.0 Å². The number of carbonyl (C=O) groups is 1.